The number of nitrogens with one attached hydrogen (secondary N) is 2. The Labute approximate surface area is 225 Å². The molecule has 2 aromatic heterocycles. The Morgan fingerprint density at radius 3 is 2.36 bits per heavy atom. The summed E-state index contributed by atoms with van der Waals surface area (Å²) in [6.07, 6.45) is 1.48. The van der Waals surface area contributed by atoms with E-state index in [9.17, 15) is 14.0 Å². The highest BCUT2D eigenvalue weighted by Gasteiger charge is 2.22. The lowest BCUT2D eigenvalue weighted by Crippen LogP contribution is -2.22. The van der Waals surface area contributed by atoms with E-state index in [0.717, 1.165) is 11.8 Å². The van der Waals surface area contributed by atoms with Gasteiger partial charge in [0.05, 0.1) is 29.2 Å². The van der Waals surface area contributed by atoms with Crippen LogP contribution in [0.1, 0.15) is 43.7 Å². The quantitative estimate of drug-likeness (QED) is 0.252. The highest BCUT2D eigenvalue weighted by Crippen LogP contribution is 2.28. The molecule has 4 rings (SSSR count). The van der Waals surface area contributed by atoms with Crippen molar-refractivity contribution in [2.24, 2.45) is 0 Å². The summed E-state index contributed by atoms with van der Waals surface area (Å²) < 4.78 is 27.0. The molecule has 0 aliphatic rings. The molecule has 2 aromatic carbocycles. The standard InChI is InChI=1S/C28H29FN6O4/c1-5-38-26(36)17-6-8-18(9-7-17)35-25(16-23(34-35)28(2,3)4)33-27(37)32-22-11-10-19(14-21(22)29)39-20-12-13-31-24(30)15-20/h6-16H,5H2,1-4H3,(H2,30,31)(H2,32,33,37). The number of halogens is 1. The molecule has 0 fully saturated rings. The first kappa shape index (κ1) is 27.1. The smallest absolute Gasteiger partial charge is 0.338 e. The van der Waals surface area contributed by atoms with Crippen LogP contribution in [-0.2, 0) is 10.2 Å². The van der Waals surface area contributed by atoms with Crippen molar-refractivity contribution in [3.8, 4) is 17.2 Å². The molecule has 0 aliphatic carbocycles. The number of aromatic nitrogens is 3. The zero-order chi connectivity index (χ0) is 28.2. The lowest BCUT2D eigenvalue weighted by Gasteiger charge is -2.14. The zero-order valence-corrected chi connectivity index (χ0v) is 22.0. The maximum atomic E-state index is 14.8. The molecule has 0 atom stereocenters. The molecule has 0 aliphatic heterocycles. The Morgan fingerprint density at radius 1 is 1.00 bits per heavy atom. The fourth-order valence-electron chi connectivity index (χ4n) is 3.54. The van der Waals surface area contributed by atoms with E-state index in [0.29, 0.717) is 22.8 Å². The van der Waals surface area contributed by atoms with Crippen LogP contribution in [0.15, 0.2) is 66.9 Å². The largest absolute Gasteiger partial charge is 0.462 e. The first-order valence-electron chi connectivity index (χ1n) is 12.2. The van der Waals surface area contributed by atoms with E-state index in [1.165, 1.54) is 24.4 Å². The summed E-state index contributed by atoms with van der Waals surface area (Å²) in [6.45, 7) is 7.99. The number of esters is 1. The molecule has 0 bridgehead atoms. The van der Waals surface area contributed by atoms with Crippen LogP contribution in [0.5, 0.6) is 11.5 Å². The summed E-state index contributed by atoms with van der Waals surface area (Å²) in [7, 11) is 0. The number of ether oxygens (including phenoxy) is 2. The average molecular weight is 533 g/mol. The third kappa shape index (κ3) is 6.69. The van der Waals surface area contributed by atoms with E-state index in [2.05, 4.69) is 20.7 Å². The Morgan fingerprint density at radius 2 is 1.72 bits per heavy atom. The minimum atomic E-state index is -0.692. The molecule has 0 unspecified atom stereocenters. The molecule has 0 spiro atoms. The average Bonchev–Trinajstić information content (AvgIpc) is 3.30. The fourth-order valence-corrected chi connectivity index (χ4v) is 3.54. The van der Waals surface area contributed by atoms with E-state index in [4.69, 9.17) is 15.2 Å². The zero-order valence-electron chi connectivity index (χ0n) is 22.0. The monoisotopic (exact) mass is 532 g/mol. The summed E-state index contributed by atoms with van der Waals surface area (Å²) in [5.74, 6) is 0.134. The van der Waals surface area contributed by atoms with Gasteiger partial charge in [-0.25, -0.2) is 23.6 Å². The molecule has 202 valence electrons. The van der Waals surface area contributed by atoms with E-state index in [1.807, 2.05) is 20.8 Å². The van der Waals surface area contributed by atoms with Gasteiger partial charge in [-0.3, -0.25) is 5.32 Å². The molecule has 0 saturated carbocycles. The van der Waals surface area contributed by atoms with Gasteiger partial charge < -0.3 is 20.5 Å². The van der Waals surface area contributed by atoms with Gasteiger partial charge in [-0.15, -0.1) is 0 Å². The second-order valence-electron chi connectivity index (χ2n) is 9.58. The van der Waals surface area contributed by atoms with Gasteiger partial charge in [0, 0.05) is 29.8 Å². The van der Waals surface area contributed by atoms with Gasteiger partial charge in [0.25, 0.3) is 0 Å². The number of nitrogen functional groups attached to an aromatic ring is 1. The number of nitrogens with zero attached hydrogens (tertiary/aromatic N) is 3. The minimum Gasteiger partial charge on any atom is -0.462 e. The number of pyridine rings is 1. The van der Waals surface area contributed by atoms with Gasteiger partial charge in [0.15, 0.2) is 0 Å². The molecule has 39 heavy (non-hydrogen) atoms. The molecule has 10 nitrogen and oxygen atoms in total. The van der Waals surface area contributed by atoms with E-state index in [-0.39, 0.29) is 29.3 Å². The summed E-state index contributed by atoms with van der Waals surface area (Å²) in [5.41, 5.74) is 7.00. The Hall–Kier alpha value is -4.93. The number of hydrogen-bond acceptors (Lipinski definition) is 7. The van der Waals surface area contributed by atoms with Crippen molar-refractivity contribution in [1.29, 1.82) is 0 Å². The molecular formula is C28H29FN6O4. The topological polar surface area (TPSA) is 133 Å². The molecule has 4 aromatic rings. The van der Waals surface area contributed by atoms with E-state index < -0.39 is 17.8 Å². The van der Waals surface area contributed by atoms with Gasteiger partial charge in [0.1, 0.15) is 29.0 Å². The van der Waals surface area contributed by atoms with Gasteiger partial charge in [-0.2, -0.15) is 5.10 Å². The van der Waals surface area contributed by atoms with Crippen molar-refractivity contribution >= 4 is 29.3 Å². The molecule has 0 saturated heterocycles. The fraction of sp³-hybridized carbons (Fsp3) is 0.214. The van der Waals surface area contributed by atoms with Gasteiger partial charge in [0.2, 0.25) is 0 Å². The normalized spacial score (nSPS) is 11.1. The maximum Gasteiger partial charge on any atom is 0.338 e. The number of carbonyl (C=O) groups excluding carboxylic acids is 2. The SMILES string of the molecule is CCOC(=O)c1ccc(-n2nc(C(C)(C)C)cc2NC(=O)Nc2ccc(Oc3ccnc(N)c3)cc2F)cc1. The van der Waals surface area contributed by atoms with Crippen LogP contribution in [-0.4, -0.2) is 33.4 Å². The van der Waals surface area contributed by atoms with Gasteiger partial charge in [-0.1, -0.05) is 20.8 Å². The van der Waals surface area contributed by atoms with Crippen LogP contribution in [0, 0.1) is 5.82 Å². The second kappa shape index (κ2) is 11.2. The Kier molecular flexibility index (Phi) is 7.80. The lowest BCUT2D eigenvalue weighted by atomic mass is 9.92. The minimum absolute atomic E-state index is 0.0463. The van der Waals surface area contributed by atoms with Crippen LogP contribution in [0.4, 0.5) is 26.5 Å². The van der Waals surface area contributed by atoms with Crippen LogP contribution in [0.2, 0.25) is 0 Å². The number of anilines is 3. The third-order valence-electron chi connectivity index (χ3n) is 5.52. The lowest BCUT2D eigenvalue weighted by molar-refractivity contribution is 0.0526. The maximum absolute atomic E-state index is 14.8. The Bertz CT molecular complexity index is 1490. The number of benzene rings is 2. The molecular weight excluding hydrogens is 503 g/mol. The predicted octanol–water partition coefficient (Wildman–Crippen LogP) is 5.90. The number of hydrogen-bond donors (Lipinski definition) is 3. The van der Waals surface area contributed by atoms with Crippen molar-refractivity contribution < 1.29 is 23.5 Å². The Balaban J connectivity index is 1.52. The second-order valence-corrected chi connectivity index (χ2v) is 9.58. The van der Waals surface area contributed by atoms with Crippen LogP contribution < -0.4 is 21.1 Å². The highest BCUT2D eigenvalue weighted by atomic mass is 19.1. The number of carbonyl (C=O) groups is 2. The van der Waals surface area contributed by atoms with Crippen LogP contribution in [0.3, 0.4) is 0 Å². The number of rotatable bonds is 7. The predicted molar refractivity (Wildman–Crippen MR) is 146 cm³/mol. The van der Waals surface area contributed by atoms with E-state index in [1.54, 1.807) is 48.0 Å². The molecule has 0 radical (unpaired) electrons. The number of urea groups is 1. The van der Waals surface area contributed by atoms with Crippen LogP contribution in [0.25, 0.3) is 5.69 Å². The van der Waals surface area contributed by atoms with E-state index >= 15 is 0 Å². The summed E-state index contributed by atoms with van der Waals surface area (Å²) in [6, 6.07) is 14.9. The van der Waals surface area contributed by atoms with Crippen molar-refractivity contribution in [1.82, 2.24) is 14.8 Å². The molecule has 2 heterocycles. The van der Waals surface area contributed by atoms with Crippen molar-refractivity contribution in [3.05, 3.63) is 83.9 Å². The highest BCUT2D eigenvalue weighted by molar-refractivity contribution is 5.99. The third-order valence-corrected chi connectivity index (χ3v) is 5.52. The van der Waals surface area contributed by atoms with Gasteiger partial charge in [-0.05, 0) is 49.4 Å². The summed E-state index contributed by atoms with van der Waals surface area (Å²) >= 11 is 0. The number of amides is 2. The molecule has 4 N–H and O–H groups in total. The van der Waals surface area contributed by atoms with Crippen molar-refractivity contribution in [2.45, 2.75) is 33.1 Å². The molecule has 11 heteroatoms. The first-order valence-corrected chi connectivity index (χ1v) is 12.2. The number of nitrogens with two attached hydrogens (primary N) is 1. The van der Waals surface area contributed by atoms with Crippen LogP contribution >= 0.6 is 0 Å². The first-order chi connectivity index (χ1) is 18.5. The molecule has 2 amide bonds. The summed E-state index contributed by atoms with van der Waals surface area (Å²) in [4.78, 5) is 28.8. The summed E-state index contributed by atoms with van der Waals surface area (Å²) in [5, 5.41) is 9.90. The van der Waals surface area contributed by atoms with Gasteiger partial charge >= 0.3 is 12.0 Å². The van der Waals surface area contributed by atoms with Crippen molar-refractivity contribution in [3.63, 3.8) is 0 Å². The van der Waals surface area contributed by atoms with Crippen molar-refractivity contribution in [2.75, 3.05) is 23.0 Å².